The van der Waals surface area contributed by atoms with Crippen molar-refractivity contribution >= 4 is 0 Å². The van der Waals surface area contributed by atoms with E-state index < -0.39 is 0 Å². The van der Waals surface area contributed by atoms with Gasteiger partial charge in [0.2, 0.25) is 0 Å². The van der Waals surface area contributed by atoms with Crippen molar-refractivity contribution < 1.29 is 0 Å². The lowest BCUT2D eigenvalue weighted by atomic mass is 10.0. The molecular formula is C12H15N. The number of hydrogen-bond donors (Lipinski definition) is 1. The summed E-state index contributed by atoms with van der Waals surface area (Å²) in [7, 11) is 0. The van der Waals surface area contributed by atoms with Gasteiger partial charge in [0.25, 0.3) is 0 Å². The van der Waals surface area contributed by atoms with Crippen molar-refractivity contribution in [2.24, 2.45) is 0 Å². The molecule has 1 aromatic rings. The van der Waals surface area contributed by atoms with E-state index in [4.69, 9.17) is 6.42 Å². The number of terminal acetylenes is 1. The van der Waals surface area contributed by atoms with Crippen LogP contribution in [-0.4, -0.2) is 6.54 Å². The summed E-state index contributed by atoms with van der Waals surface area (Å²) in [5.41, 5.74) is 2.62. The van der Waals surface area contributed by atoms with E-state index in [1.807, 2.05) is 6.07 Å². The summed E-state index contributed by atoms with van der Waals surface area (Å²) in [6.45, 7) is 4.86. The quantitative estimate of drug-likeness (QED) is 0.691. The minimum Gasteiger partial charge on any atom is -0.300 e. The van der Waals surface area contributed by atoms with E-state index in [1.165, 1.54) is 11.1 Å². The molecule has 1 atom stereocenters. The van der Waals surface area contributed by atoms with Crippen molar-refractivity contribution in [3.05, 3.63) is 35.4 Å². The smallest absolute Gasteiger partial charge is 0.0578 e. The Labute approximate surface area is 80.2 Å². The SMILES string of the molecule is C#CCN[C@@H](C)c1ccccc1C. The summed E-state index contributed by atoms with van der Waals surface area (Å²) in [5.74, 6) is 2.58. The Morgan fingerprint density at radius 2 is 2.15 bits per heavy atom. The van der Waals surface area contributed by atoms with Crippen LogP contribution in [0.3, 0.4) is 0 Å². The second-order valence-corrected chi connectivity index (χ2v) is 3.16. The van der Waals surface area contributed by atoms with Gasteiger partial charge in [0.15, 0.2) is 0 Å². The highest BCUT2D eigenvalue weighted by Crippen LogP contribution is 2.15. The van der Waals surface area contributed by atoms with E-state index in [0.717, 1.165) is 0 Å². The van der Waals surface area contributed by atoms with Crippen LogP contribution >= 0.6 is 0 Å². The summed E-state index contributed by atoms with van der Waals surface area (Å²) in [6.07, 6.45) is 5.18. The second-order valence-electron chi connectivity index (χ2n) is 3.16. The van der Waals surface area contributed by atoms with Gasteiger partial charge in [-0.2, -0.15) is 0 Å². The molecule has 68 valence electrons. The summed E-state index contributed by atoms with van der Waals surface area (Å²) < 4.78 is 0. The molecule has 0 aliphatic heterocycles. The highest BCUT2D eigenvalue weighted by atomic mass is 14.9. The number of rotatable bonds is 3. The fraction of sp³-hybridized carbons (Fsp3) is 0.333. The highest BCUT2D eigenvalue weighted by Gasteiger charge is 2.04. The summed E-state index contributed by atoms with van der Waals surface area (Å²) in [5, 5.41) is 3.25. The van der Waals surface area contributed by atoms with Gasteiger partial charge in [-0.15, -0.1) is 6.42 Å². The lowest BCUT2D eigenvalue weighted by Crippen LogP contribution is -2.19. The van der Waals surface area contributed by atoms with E-state index in [-0.39, 0.29) is 0 Å². The molecule has 1 N–H and O–H groups in total. The van der Waals surface area contributed by atoms with Gasteiger partial charge in [0.1, 0.15) is 0 Å². The number of hydrogen-bond acceptors (Lipinski definition) is 1. The molecule has 0 heterocycles. The van der Waals surface area contributed by atoms with Crippen LogP contribution in [0.2, 0.25) is 0 Å². The zero-order valence-electron chi connectivity index (χ0n) is 8.17. The van der Waals surface area contributed by atoms with Crippen molar-refractivity contribution in [2.45, 2.75) is 19.9 Å². The van der Waals surface area contributed by atoms with Crippen LogP contribution in [0, 0.1) is 19.3 Å². The van der Waals surface area contributed by atoms with Gasteiger partial charge in [-0.25, -0.2) is 0 Å². The standard InChI is InChI=1S/C12H15N/c1-4-9-13-11(3)12-8-6-5-7-10(12)2/h1,5-8,11,13H,9H2,2-3H3/t11-/m0/s1. The molecule has 0 aromatic heterocycles. The molecule has 0 saturated carbocycles. The molecule has 0 radical (unpaired) electrons. The van der Waals surface area contributed by atoms with Crippen LogP contribution in [0.1, 0.15) is 24.1 Å². The van der Waals surface area contributed by atoms with Crippen molar-refractivity contribution in [1.29, 1.82) is 0 Å². The first-order chi connectivity index (χ1) is 6.25. The summed E-state index contributed by atoms with van der Waals surface area (Å²) in [4.78, 5) is 0. The third-order valence-electron chi connectivity index (χ3n) is 2.17. The van der Waals surface area contributed by atoms with Crippen LogP contribution in [0.5, 0.6) is 0 Å². The Bertz CT molecular complexity index is 309. The molecule has 13 heavy (non-hydrogen) atoms. The van der Waals surface area contributed by atoms with Gasteiger partial charge in [-0.1, -0.05) is 30.2 Å². The molecule has 0 spiro atoms. The van der Waals surface area contributed by atoms with Crippen LogP contribution in [0.25, 0.3) is 0 Å². The lowest BCUT2D eigenvalue weighted by molar-refractivity contribution is 0.620. The molecule has 1 rings (SSSR count). The third kappa shape index (κ3) is 2.61. The highest BCUT2D eigenvalue weighted by molar-refractivity contribution is 5.28. The Morgan fingerprint density at radius 3 is 2.77 bits per heavy atom. The first kappa shape index (κ1) is 9.83. The van der Waals surface area contributed by atoms with Crippen LogP contribution < -0.4 is 5.32 Å². The third-order valence-corrected chi connectivity index (χ3v) is 2.17. The lowest BCUT2D eigenvalue weighted by Gasteiger charge is -2.14. The largest absolute Gasteiger partial charge is 0.300 e. The van der Waals surface area contributed by atoms with Crippen molar-refractivity contribution in [3.8, 4) is 12.3 Å². The monoisotopic (exact) mass is 173 g/mol. The Balaban J connectivity index is 2.72. The minimum absolute atomic E-state index is 0.331. The van der Waals surface area contributed by atoms with Crippen LogP contribution in [-0.2, 0) is 0 Å². The Kier molecular flexibility index (Phi) is 3.54. The Morgan fingerprint density at radius 1 is 1.46 bits per heavy atom. The van der Waals surface area contributed by atoms with E-state index in [0.29, 0.717) is 12.6 Å². The summed E-state index contributed by atoms with van der Waals surface area (Å²) >= 11 is 0. The number of benzene rings is 1. The van der Waals surface area contributed by atoms with Crippen molar-refractivity contribution in [2.75, 3.05) is 6.54 Å². The predicted octanol–water partition coefficient (Wildman–Crippen LogP) is 2.28. The predicted molar refractivity (Wildman–Crippen MR) is 56.4 cm³/mol. The van der Waals surface area contributed by atoms with E-state index in [2.05, 4.69) is 43.3 Å². The van der Waals surface area contributed by atoms with E-state index >= 15 is 0 Å². The topological polar surface area (TPSA) is 12.0 Å². The minimum atomic E-state index is 0.331. The van der Waals surface area contributed by atoms with Crippen LogP contribution in [0.15, 0.2) is 24.3 Å². The summed E-state index contributed by atoms with van der Waals surface area (Å²) in [6, 6.07) is 8.67. The van der Waals surface area contributed by atoms with Gasteiger partial charge in [0, 0.05) is 6.04 Å². The second kappa shape index (κ2) is 4.69. The maximum absolute atomic E-state index is 5.18. The van der Waals surface area contributed by atoms with Gasteiger partial charge < -0.3 is 0 Å². The maximum Gasteiger partial charge on any atom is 0.0578 e. The first-order valence-corrected chi connectivity index (χ1v) is 4.48. The number of aryl methyl sites for hydroxylation is 1. The van der Waals surface area contributed by atoms with Crippen molar-refractivity contribution in [3.63, 3.8) is 0 Å². The maximum atomic E-state index is 5.18. The molecule has 0 unspecified atom stereocenters. The van der Waals surface area contributed by atoms with Gasteiger partial charge in [-0.3, -0.25) is 5.32 Å². The molecule has 0 saturated heterocycles. The Hall–Kier alpha value is -1.26. The molecule has 0 amide bonds. The zero-order valence-corrected chi connectivity index (χ0v) is 8.17. The van der Waals surface area contributed by atoms with E-state index in [9.17, 15) is 0 Å². The molecular weight excluding hydrogens is 158 g/mol. The molecule has 0 fully saturated rings. The average molecular weight is 173 g/mol. The number of nitrogens with one attached hydrogen (secondary N) is 1. The zero-order chi connectivity index (χ0) is 9.68. The molecule has 1 aromatic carbocycles. The molecule has 0 aliphatic rings. The fourth-order valence-electron chi connectivity index (χ4n) is 1.39. The van der Waals surface area contributed by atoms with Gasteiger partial charge in [-0.05, 0) is 25.0 Å². The van der Waals surface area contributed by atoms with Gasteiger partial charge >= 0.3 is 0 Å². The normalized spacial score (nSPS) is 12.1. The first-order valence-electron chi connectivity index (χ1n) is 4.48. The van der Waals surface area contributed by atoms with Crippen LogP contribution in [0.4, 0.5) is 0 Å². The fourth-order valence-corrected chi connectivity index (χ4v) is 1.39. The van der Waals surface area contributed by atoms with E-state index in [1.54, 1.807) is 0 Å². The molecule has 0 bridgehead atoms. The molecule has 1 heteroatoms. The van der Waals surface area contributed by atoms with Gasteiger partial charge in [0.05, 0.1) is 6.54 Å². The average Bonchev–Trinajstić information content (AvgIpc) is 2.15. The van der Waals surface area contributed by atoms with Crippen molar-refractivity contribution in [1.82, 2.24) is 5.32 Å². The molecule has 1 nitrogen and oxygen atoms in total. The molecule has 0 aliphatic carbocycles.